The summed E-state index contributed by atoms with van der Waals surface area (Å²) in [6.07, 6.45) is 70.8. The second kappa shape index (κ2) is 78.3. The van der Waals surface area contributed by atoms with Crippen molar-refractivity contribution in [3.8, 4) is 0 Å². The molecule has 2 unspecified atom stereocenters. The van der Waals surface area contributed by atoms with E-state index in [2.05, 4.69) is 41.5 Å². The first-order chi connectivity index (χ1) is 51.4. The highest BCUT2D eigenvalue weighted by Gasteiger charge is 2.30. The van der Waals surface area contributed by atoms with Crippen LogP contribution in [0.15, 0.2) is 0 Å². The molecule has 0 aromatic carbocycles. The normalized spacial score (nSPS) is 13.8. The van der Waals surface area contributed by atoms with Gasteiger partial charge in [0.15, 0.2) is 12.2 Å². The lowest BCUT2D eigenvalue weighted by Gasteiger charge is -2.21. The topological polar surface area (TPSA) is 237 Å². The monoisotopic (exact) mass is 1550 g/mol. The fourth-order valence-corrected chi connectivity index (χ4v) is 15.2. The van der Waals surface area contributed by atoms with E-state index in [0.29, 0.717) is 25.7 Å². The van der Waals surface area contributed by atoms with Gasteiger partial charge in [-0.15, -0.1) is 0 Å². The summed E-state index contributed by atoms with van der Waals surface area (Å²) in [5, 5.41) is 10.7. The van der Waals surface area contributed by atoms with Gasteiger partial charge < -0.3 is 33.8 Å². The molecule has 3 N–H and O–H groups in total. The summed E-state index contributed by atoms with van der Waals surface area (Å²) in [6.45, 7) is 9.69. The van der Waals surface area contributed by atoms with Crippen LogP contribution in [0.3, 0.4) is 0 Å². The van der Waals surface area contributed by atoms with E-state index < -0.39 is 97.5 Å². The summed E-state index contributed by atoms with van der Waals surface area (Å²) in [7, 11) is -9.93. The Hall–Kier alpha value is -1.94. The van der Waals surface area contributed by atoms with Gasteiger partial charge >= 0.3 is 39.5 Å². The number of esters is 4. The molecular weight excluding hydrogens is 1380 g/mol. The third-order valence-electron chi connectivity index (χ3n) is 20.5. The Bertz CT molecular complexity index is 2030. The summed E-state index contributed by atoms with van der Waals surface area (Å²) in [6, 6.07) is 0. The first-order valence-electron chi connectivity index (χ1n) is 45.0. The van der Waals surface area contributed by atoms with Gasteiger partial charge in [-0.3, -0.25) is 37.3 Å². The standard InChI is InChI=1S/C87H170O17P2/c1-7-9-11-13-15-17-19-21-23-25-26-27-28-29-31-37-41-47-54-60-66-72-86(91)103-82(75-97-84(89)69-63-57-51-45-39-35-33-32-34-38-43-49-55-61-67-79(3)4)77-101-105(93,94)99-73-81(88)74-100-106(95,96)102-78-83(76-98-85(90)70-64-58-52-48-42-44-50-56-62-68-80(5)6)104-87(92)71-65-59-53-46-40-36-30-24-22-20-18-16-14-12-10-8-2/h79-83,88H,7-78H2,1-6H3,(H,93,94)(H,95,96)/t81-,82-,83-/m1/s1. The Morgan fingerprint density at radius 1 is 0.255 bits per heavy atom. The van der Waals surface area contributed by atoms with Crippen LogP contribution in [0.1, 0.15) is 465 Å². The molecule has 5 atom stereocenters. The van der Waals surface area contributed by atoms with Crippen molar-refractivity contribution in [1.82, 2.24) is 0 Å². The van der Waals surface area contributed by atoms with Crippen LogP contribution in [0.5, 0.6) is 0 Å². The first-order valence-corrected chi connectivity index (χ1v) is 48.0. The fourth-order valence-electron chi connectivity index (χ4n) is 13.6. The average molecular weight is 1550 g/mol. The van der Waals surface area contributed by atoms with E-state index in [0.717, 1.165) is 102 Å². The van der Waals surface area contributed by atoms with Gasteiger partial charge in [-0.1, -0.05) is 414 Å². The second-order valence-electron chi connectivity index (χ2n) is 32.2. The maximum Gasteiger partial charge on any atom is 0.472 e. The largest absolute Gasteiger partial charge is 0.472 e. The SMILES string of the molecule is CCCCCCCCCCCCCCCCCCCCCCCC(=O)O[C@H](COC(=O)CCCCCCCCCCCCCCCCC(C)C)COP(=O)(O)OC[C@@H](O)COP(=O)(O)OC[C@@H](COC(=O)CCCCCCCCCCCC(C)C)OC(=O)CCCCCCCCCCCCCCCCCC. The summed E-state index contributed by atoms with van der Waals surface area (Å²) in [4.78, 5) is 73.3. The minimum atomic E-state index is -4.97. The number of aliphatic hydroxyl groups excluding tert-OH is 1. The van der Waals surface area contributed by atoms with E-state index in [4.69, 9.17) is 37.0 Å². The molecule has 0 aromatic rings. The Morgan fingerprint density at radius 2 is 0.434 bits per heavy atom. The predicted molar refractivity (Wildman–Crippen MR) is 437 cm³/mol. The highest BCUT2D eigenvalue weighted by atomic mass is 31.2. The summed E-state index contributed by atoms with van der Waals surface area (Å²) in [5.41, 5.74) is 0. The number of aliphatic hydroxyl groups is 1. The molecule has 106 heavy (non-hydrogen) atoms. The zero-order valence-electron chi connectivity index (χ0n) is 69.7. The average Bonchev–Trinajstić information content (AvgIpc) is 0.886. The van der Waals surface area contributed by atoms with Crippen molar-refractivity contribution in [3.63, 3.8) is 0 Å². The predicted octanol–water partition coefficient (Wildman–Crippen LogP) is 26.6. The quantitative estimate of drug-likeness (QED) is 0.0222. The van der Waals surface area contributed by atoms with Crippen LogP contribution in [0.25, 0.3) is 0 Å². The second-order valence-corrected chi connectivity index (χ2v) is 35.1. The number of phosphoric ester groups is 2. The molecule has 630 valence electrons. The van der Waals surface area contributed by atoms with E-state index in [-0.39, 0.29) is 25.7 Å². The Morgan fingerprint density at radius 3 is 0.642 bits per heavy atom. The lowest BCUT2D eigenvalue weighted by Crippen LogP contribution is -2.30. The van der Waals surface area contributed by atoms with Crippen molar-refractivity contribution < 1.29 is 80.2 Å². The van der Waals surface area contributed by atoms with Gasteiger partial charge in [-0.05, 0) is 37.5 Å². The summed E-state index contributed by atoms with van der Waals surface area (Å²) < 4.78 is 69.0. The van der Waals surface area contributed by atoms with Crippen LogP contribution in [-0.4, -0.2) is 96.7 Å². The van der Waals surface area contributed by atoms with Crippen molar-refractivity contribution in [2.45, 2.75) is 484 Å². The molecule has 0 bridgehead atoms. The number of unbranched alkanes of at least 4 members (excludes halogenated alkanes) is 56. The molecule has 0 saturated heterocycles. The number of carbonyl (C=O) groups is 4. The number of phosphoric acid groups is 2. The molecule has 0 saturated carbocycles. The van der Waals surface area contributed by atoms with E-state index in [1.807, 2.05) is 0 Å². The molecular formula is C87H170O17P2. The highest BCUT2D eigenvalue weighted by molar-refractivity contribution is 7.47. The number of hydrogen-bond acceptors (Lipinski definition) is 15. The van der Waals surface area contributed by atoms with Crippen molar-refractivity contribution in [2.75, 3.05) is 39.6 Å². The van der Waals surface area contributed by atoms with Gasteiger partial charge in [-0.25, -0.2) is 9.13 Å². The fraction of sp³-hybridized carbons (Fsp3) is 0.954. The lowest BCUT2D eigenvalue weighted by molar-refractivity contribution is -0.161. The molecule has 0 aliphatic carbocycles. The molecule has 0 amide bonds. The molecule has 0 fully saturated rings. The molecule has 0 aliphatic heterocycles. The van der Waals surface area contributed by atoms with Crippen molar-refractivity contribution >= 4 is 39.5 Å². The molecule has 0 heterocycles. The van der Waals surface area contributed by atoms with Crippen LogP contribution >= 0.6 is 15.6 Å². The van der Waals surface area contributed by atoms with Gasteiger partial charge in [0.25, 0.3) is 0 Å². The number of carbonyl (C=O) groups excluding carboxylic acids is 4. The third-order valence-corrected chi connectivity index (χ3v) is 22.4. The van der Waals surface area contributed by atoms with Crippen molar-refractivity contribution in [1.29, 1.82) is 0 Å². The maximum absolute atomic E-state index is 13.2. The minimum absolute atomic E-state index is 0.108. The highest BCUT2D eigenvalue weighted by Crippen LogP contribution is 2.45. The van der Waals surface area contributed by atoms with Crippen LogP contribution in [0, 0.1) is 11.8 Å². The van der Waals surface area contributed by atoms with Crippen LogP contribution < -0.4 is 0 Å². The van der Waals surface area contributed by atoms with Gasteiger partial charge in [0.1, 0.15) is 19.3 Å². The molecule has 17 nitrogen and oxygen atoms in total. The molecule has 0 rings (SSSR count). The Labute approximate surface area is 651 Å². The maximum atomic E-state index is 13.2. The molecule has 0 radical (unpaired) electrons. The molecule has 19 heteroatoms. The van der Waals surface area contributed by atoms with Gasteiger partial charge in [0, 0.05) is 25.7 Å². The van der Waals surface area contributed by atoms with E-state index in [1.165, 1.54) is 283 Å². The van der Waals surface area contributed by atoms with Crippen molar-refractivity contribution in [3.05, 3.63) is 0 Å². The summed E-state index contributed by atoms with van der Waals surface area (Å²) in [5.74, 6) is -0.557. The number of ether oxygens (including phenoxy) is 4. The zero-order valence-corrected chi connectivity index (χ0v) is 71.5. The zero-order chi connectivity index (χ0) is 77.8. The number of hydrogen-bond donors (Lipinski definition) is 3. The van der Waals surface area contributed by atoms with Gasteiger partial charge in [0.2, 0.25) is 0 Å². The van der Waals surface area contributed by atoms with E-state index in [9.17, 15) is 43.2 Å². The van der Waals surface area contributed by atoms with Crippen LogP contribution in [-0.2, 0) is 65.4 Å². The lowest BCUT2D eigenvalue weighted by atomic mass is 10.0. The molecule has 0 spiro atoms. The van der Waals surface area contributed by atoms with E-state index >= 15 is 0 Å². The van der Waals surface area contributed by atoms with E-state index in [1.54, 1.807) is 0 Å². The molecule has 0 aliphatic rings. The number of rotatable bonds is 86. The third kappa shape index (κ3) is 80.1. The van der Waals surface area contributed by atoms with Gasteiger partial charge in [-0.2, -0.15) is 0 Å². The Balaban J connectivity index is 5.25. The first kappa shape index (κ1) is 104. The van der Waals surface area contributed by atoms with Crippen LogP contribution in [0.2, 0.25) is 0 Å². The van der Waals surface area contributed by atoms with Crippen LogP contribution in [0.4, 0.5) is 0 Å². The van der Waals surface area contributed by atoms with Crippen molar-refractivity contribution in [2.24, 2.45) is 11.8 Å². The molecule has 0 aromatic heterocycles. The smallest absolute Gasteiger partial charge is 0.462 e. The minimum Gasteiger partial charge on any atom is -0.462 e. The summed E-state index contributed by atoms with van der Waals surface area (Å²) >= 11 is 0. The van der Waals surface area contributed by atoms with Gasteiger partial charge in [0.05, 0.1) is 26.4 Å². The Kier molecular flexibility index (Phi) is 76.9.